The summed E-state index contributed by atoms with van der Waals surface area (Å²) in [4.78, 5) is 60.5. The first-order valence-electron chi connectivity index (χ1n) is 49.6. The molecular weight excluding hydrogens is 1790 g/mol. The number of hydrogen-bond donors (Lipinski definition) is 0. The number of rotatable bonds is 12. The highest BCUT2D eigenvalue weighted by Crippen LogP contribution is 2.51. The smallest absolute Gasteiger partial charge is 0.160 e. The van der Waals surface area contributed by atoms with Gasteiger partial charge in [-0.3, -0.25) is 9.97 Å². The molecule has 0 spiro atoms. The summed E-state index contributed by atoms with van der Waals surface area (Å²) in [6, 6.07) is 165. The van der Waals surface area contributed by atoms with Crippen LogP contribution in [0.15, 0.2) is 486 Å². The van der Waals surface area contributed by atoms with Crippen LogP contribution in [0.2, 0.25) is 0 Å². The predicted molar refractivity (Wildman–Crippen MR) is 606 cm³/mol. The molecule has 11 aromatic heterocycles. The third-order valence-electron chi connectivity index (χ3n) is 28.9. The Labute approximate surface area is 846 Å². The quantitative estimate of drug-likeness (QED) is 0.107. The minimum absolute atomic E-state index is 0.0718. The Hall–Kier alpha value is -19.6. The topological polar surface area (TPSA) is 155 Å². The summed E-state index contributed by atoms with van der Waals surface area (Å²) < 4.78 is 0. The normalized spacial score (nSPS) is 12.1. The lowest BCUT2D eigenvalue weighted by Gasteiger charge is -2.21. The number of hydrogen-bond acceptors (Lipinski definition) is 12. The van der Waals surface area contributed by atoms with Crippen LogP contribution in [0, 0.1) is 0 Å². The van der Waals surface area contributed by atoms with Crippen molar-refractivity contribution in [1.82, 2.24) is 59.8 Å². The molecule has 12 nitrogen and oxygen atoms in total. The lowest BCUT2D eigenvalue weighted by Crippen LogP contribution is -2.14. The zero-order chi connectivity index (χ0) is 97.6. The Morgan fingerprint density at radius 1 is 0.156 bits per heavy atom. The van der Waals surface area contributed by atoms with Crippen molar-refractivity contribution in [2.75, 3.05) is 0 Å². The van der Waals surface area contributed by atoms with Crippen LogP contribution in [0.3, 0.4) is 0 Å². The standard InChI is InChI=1S/C48H33N5.C46H28N4.C41H25N3/c1-48(2)38-10-4-3-9-36(38)37-22-19-34(27-39(37)48)41-24-21-33-18-17-32-20-23-40(52-46(32)47(33)53-41)31-15-13-30(14-16-31)35-28-44(42-11-5-7-25-49-42)51-45(29-35)43-12-6-8-26-50-43;1-2-10-30(11-3-1)43-38-16-8-9-17-41(38)49-46(50-43)33-22-18-29(19-23-33)40-26-24-31-20-21-32-25-27-42(48-45(32)44(31)47-40)39-28-34-12-4-5-13-35(34)36-14-6-7-15-37(36)39;1-3-9-33-26(6-1)8-5-11-35(33)38-25-22-32-19-18-31-21-24-37(43-40(31)41(32)44-38)29-15-13-28(14-16-29)36-23-20-30-17-12-27-7-2-4-10-34(27)39(30)42-36/h3-29H,1-2H3;1-28H;1-25H. The number of nitrogens with zero attached hydrogens (tertiary/aromatic N) is 12. The number of pyridine rings is 10. The fraction of sp³-hybridized carbons (Fsp3) is 0.0222. The number of aromatic nitrogens is 12. The van der Waals surface area contributed by atoms with Crippen molar-refractivity contribution in [2.45, 2.75) is 19.3 Å². The average molecular weight is 1880 g/mol. The molecule has 17 aromatic carbocycles. The highest BCUT2D eigenvalue weighted by Gasteiger charge is 2.36. The van der Waals surface area contributed by atoms with E-state index >= 15 is 0 Å². The first-order valence-corrected chi connectivity index (χ1v) is 49.6. The molecule has 0 saturated heterocycles. The molecule has 1 aliphatic rings. The Morgan fingerprint density at radius 2 is 0.524 bits per heavy atom. The molecule has 0 radical (unpaired) electrons. The van der Waals surface area contributed by atoms with Crippen LogP contribution < -0.4 is 0 Å². The van der Waals surface area contributed by atoms with Gasteiger partial charge in [-0.05, 0) is 168 Å². The van der Waals surface area contributed by atoms with Gasteiger partial charge in [0, 0.05) is 116 Å². The van der Waals surface area contributed by atoms with Gasteiger partial charge in [0.05, 0.1) is 112 Å². The summed E-state index contributed by atoms with van der Waals surface area (Å²) in [6.07, 6.45) is 3.59. The largest absolute Gasteiger partial charge is 0.255 e. The van der Waals surface area contributed by atoms with Crippen LogP contribution in [0.1, 0.15) is 25.0 Å². The van der Waals surface area contributed by atoms with Crippen LogP contribution in [0.5, 0.6) is 0 Å². The number of fused-ring (bicyclic) bond motifs is 20. The van der Waals surface area contributed by atoms with Crippen molar-refractivity contribution in [3.63, 3.8) is 0 Å². The third kappa shape index (κ3) is 15.9. The molecule has 0 amide bonds. The molecule has 11 heterocycles. The summed E-state index contributed by atoms with van der Waals surface area (Å²) in [5.74, 6) is 0.699. The van der Waals surface area contributed by atoms with E-state index in [1.165, 1.54) is 65.3 Å². The van der Waals surface area contributed by atoms with Gasteiger partial charge < -0.3 is 0 Å². The van der Waals surface area contributed by atoms with E-state index in [2.05, 4.69) is 424 Å². The van der Waals surface area contributed by atoms with Gasteiger partial charge in [-0.2, -0.15) is 0 Å². The van der Waals surface area contributed by atoms with Gasteiger partial charge in [0.1, 0.15) is 0 Å². The Balaban J connectivity index is 0.000000110. The van der Waals surface area contributed by atoms with Crippen molar-refractivity contribution in [3.05, 3.63) is 497 Å². The van der Waals surface area contributed by atoms with E-state index in [1.54, 1.807) is 12.4 Å². The van der Waals surface area contributed by atoms with Gasteiger partial charge in [-0.1, -0.05) is 390 Å². The van der Waals surface area contributed by atoms with Gasteiger partial charge in [0.25, 0.3) is 0 Å². The Morgan fingerprint density at radius 3 is 1.06 bits per heavy atom. The minimum atomic E-state index is -0.0718. The molecule has 28 aromatic rings. The van der Waals surface area contributed by atoms with Gasteiger partial charge in [-0.15, -0.1) is 0 Å². The lowest BCUT2D eigenvalue weighted by molar-refractivity contribution is 0.660. The predicted octanol–water partition coefficient (Wildman–Crippen LogP) is 33.9. The molecule has 0 aliphatic heterocycles. The van der Waals surface area contributed by atoms with E-state index in [9.17, 15) is 0 Å². The maximum absolute atomic E-state index is 5.30. The average Bonchev–Trinajstić information content (AvgIpc) is 1.63. The van der Waals surface area contributed by atoms with Gasteiger partial charge in [0.15, 0.2) is 5.82 Å². The second-order valence-electron chi connectivity index (χ2n) is 38.1. The molecule has 147 heavy (non-hydrogen) atoms. The van der Waals surface area contributed by atoms with E-state index in [4.69, 9.17) is 49.8 Å². The summed E-state index contributed by atoms with van der Waals surface area (Å²) in [7, 11) is 0. The van der Waals surface area contributed by atoms with Crippen molar-refractivity contribution < 1.29 is 0 Å². The molecule has 0 atom stereocenters. The zero-order valence-electron chi connectivity index (χ0n) is 80.1. The fourth-order valence-corrected chi connectivity index (χ4v) is 21.3. The molecule has 0 bridgehead atoms. The highest BCUT2D eigenvalue weighted by molar-refractivity contribution is 6.15. The van der Waals surface area contributed by atoms with E-state index in [1.807, 2.05) is 72.8 Å². The molecule has 0 unspecified atom stereocenters. The number of para-hydroxylation sites is 1. The van der Waals surface area contributed by atoms with E-state index in [0.29, 0.717) is 5.82 Å². The summed E-state index contributed by atoms with van der Waals surface area (Å²) in [5.41, 5.74) is 35.0. The Kier molecular flexibility index (Phi) is 21.3. The molecule has 29 rings (SSSR count). The van der Waals surface area contributed by atoms with Gasteiger partial charge in [-0.25, -0.2) is 49.8 Å². The fourth-order valence-electron chi connectivity index (χ4n) is 21.3. The van der Waals surface area contributed by atoms with Gasteiger partial charge >= 0.3 is 0 Å². The van der Waals surface area contributed by atoms with E-state index in [0.717, 1.165) is 217 Å². The van der Waals surface area contributed by atoms with E-state index < -0.39 is 0 Å². The third-order valence-corrected chi connectivity index (χ3v) is 28.9. The molecular formula is C135H86N12. The van der Waals surface area contributed by atoms with Crippen LogP contribution in [0.4, 0.5) is 0 Å². The molecule has 0 saturated carbocycles. The van der Waals surface area contributed by atoms with Crippen LogP contribution >= 0.6 is 0 Å². The second kappa shape index (κ2) is 36.2. The maximum Gasteiger partial charge on any atom is 0.160 e. The zero-order valence-corrected chi connectivity index (χ0v) is 80.1. The maximum atomic E-state index is 5.30. The molecule has 0 fully saturated rings. The van der Waals surface area contributed by atoms with Crippen molar-refractivity contribution in [1.29, 1.82) is 0 Å². The number of benzene rings is 17. The SMILES string of the molecule is CC1(C)c2ccccc2-c2ccc(-c3ccc4ccc5ccc(-c6ccc(-c7cc(-c8ccccn8)nc(-c8ccccn8)c7)cc6)nc5c4n3)cc21.c1ccc(-c2nc(-c3ccc(-c4ccc5ccc6ccc(-c7cc8ccccc8c8ccccc78)nc6c5n4)cc3)nc3ccccc23)cc1.c1ccc2c(-c3ccc4ccc5ccc(-c6ccc(-c7ccc8ccc9ccccc9c8n7)cc6)nc5c4n3)cccc2c1. The van der Waals surface area contributed by atoms with Crippen molar-refractivity contribution >= 4 is 130 Å². The second-order valence-corrected chi connectivity index (χ2v) is 38.1. The van der Waals surface area contributed by atoms with Crippen LogP contribution in [-0.4, -0.2) is 59.8 Å². The Bertz CT molecular complexity index is 10100. The van der Waals surface area contributed by atoms with E-state index in [-0.39, 0.29) is 5.41 Å². The van der Waals surface area contributed by atoms with Crippen molar-refractivity contribution in [3.8, 4) is 146 Å². The molecule has 686 valence electrons. The van der Waals surface area contributed by atoms with Crippen LogP contribution in [0.25, 0.3) is 277 Å². The first-order chi connectivity index (χ1) is 72.5. The monoisotopic (exact) mass is 1870 g/mol. The van der Waals surface area contributed by atoms with Crippen LogP contribution in [-0.2, 0) is 5.41 Å². The molecule has 12 heteroatoms. The first kappa shape index (κ1) is 86.5. The van der Waals surface area contributed by atoms with Crippen molar-refractivity contribution in [2.24, 2.45) is 0 Å². The summed E-state index contributed by atoms with van der Waals surface area (Å²) >= 11 is 0. The molecule has 1 aliphatic carbocycles. The lowest BCUT2D eigenvalue weighted by atomic mass is 9.82. The molecule has 0 N–H and O–H groups in total. The van der Waals surface area contributed by atoms with Gasteiger partial charge in [0.2, 0.25) is 0 Å². The minimum Gasteiger partial charge on any atom is -0.255 e. The highest BCUT2D eigenvalue weighted by atomic mass is 14.9. The summed E-state index contributed by atoms with van der Waals surface area (Å²) in [5, 5.41) is 18.3. The summed E-state index contributed by atoms with van der Waals surface area (Å²) in [6.45, 7) is 4.63.